The molecule has 0 N–H and O–H groups in total. The summed E-state index contributed by atoms with van der Waals surface area (Å²) in [5.74, 6) is 1.18. The summed E-state index contributed by atoms with van der Waals surface area (Å²) in [6.07, 6.45) is 0.930. The second-order valence-electron chi connectivity index (χ2n) is 7.73. The van der Waals surface area contributed by atoms with Crippen molar-refractivity contribution in [2.75, 3.05) is 19.5 Å². The Kier molecular flexibility index (Phi) is 5.88. The Labute approximate surface area is 191 Å². The summed E-state index contributed by atoms with van der Waals surface area (Å²) >= 11 is 1.42. The summed E-state index contributed by atoms with van der Waals surface area (Å²) < 4.78 is 7.30. The number of hydrogen-bond acceptors (Lipinski definition) is 5. The molecular weight excluding hydrogens is 418 g/mol. The molecule has 0 radical (unpaired) electrons. The van der Waals surface area contributed by atoms with E-state index in [1.54, 1.807) is 7.11 Å². The molecule has 6 heteroatoms. The zero-order valence-electron chi connectivity index (χ0n) is 17.8. The summed E-state index contributed by atoms with van der Waals surface area (Å²) in [5.41, 5.74) is 6.73. The zero-order valence-corrected chi connectivity index (χ0v) is 18.6. The van der Waals surface area contributed by atoms with E-state index in [0.29, 0.717) is 18.9 Å². The number of ketones is 1. The van der Waals surface area contributed by atoms with Gasteiger partial charge in [0.1, 0.15) is 0 Å². The predicted octanol–water partition coefficient (Wildman–Crippen LogP) is 5.14. The number of carbonyl (C=O) groups excluding carboxylic acids is 1. The molecule has 0 aliphatic heterocycles. The molecule has 0 unspecified atom stereocenters. The number of fused-ring (bicyclic) bond motifs is 3. The first-order chi connectivity index (χ1) is 15.7. The molecule has 160 valence electrons. The van der Waals surface area contributed by atoms with Gasteiger partial charge in [-0.05, 0) is 34.7 Å². The maximum Gasteiger partial charge on any atom is 0.192 e. The van der Waals surface area contributed by atoms with E-state index < -0.39 is 0 Å². The quantitative estimate of drug-likeness (QED) is 0.247. The first-order valence-corrected chi connectivity index (χ1v) is 11.6. The van der Waals surface area contributed by atoms with Gasteiger partial charge in [-0.2, -0.15) is 0 Å². The molecule has 0 fully saturated rings. The van der Waals surface area contributed by atoms with E-state index in [-0.39, 0.29) is 5.78 Å². The number of methoxy groups -OCH3 is 1. The number of benzene rings is 3. The number of Topliss-reactive ketones (excluding diaryl/α,β-unsaturated/α-hetero) is 1. The van der Waals surface area contributed by atoms with Crippen LogP contribution in [0.2, 0.25) is 0 Å². The number of carbonyl (C=O) groups is 1. The van der Waals surface area contributed by atoms with E-state index in [4.69, 9.17) is 4.74 Å². The van der Waals surface area contributed by atoms with Crippen molar-refractivity contribution in [1.29, 1.82) is 0 Å². The van der Waals surface area contributed by atoms with Crippen LogP contribution in [-0.4, -0.2) is 40.0 Å². The van der Waals surface area contributed by atoms with Crippen molar-refractivity contribution in [2.45, 2.75) is 18.1 Å². The van der Waals surface area contributed by atoms with Gasteiger partial charge >= 0.3 is 0 Å². The molecule has 5 rings (SSSR count). The maximum absolute atomic E-state index is 13.0. The predicted molar refractivity (Wildman–Crippen MR) is 127 cm³/mol. The van der Waals surface area contributed by atoms with Crippen LogP contribution in [0.15, 0.2) is 78.0 Å². The lowest BCUT2D eigenvalue weighted by atomic mass is 10.0. The van der Waals surface area contributed by atoms with Gasteiger partial charge in [0.15, 0.2) is 16.8 Å². The number of rotatable bonds is 8. The lowest BCUT2D eigenvalue weighted by Crippen LogP contribution is -2.09. The van der Waals surface area contributed by atoms with Gasteiger partial charge < -0.3 is 4.74 Å². The highest BCUT2D eigenvalue weighted by Crippen LogP contribution is 2.37. The fraction of sp³-hybridized carbons (Fsp3) is 0.192. The number of aromatic nitrogens is 3. The summed E-state index contributed by atoms with van der Waals surface area (Å²) in [4.78, 5) is 13.0. The average molecular weight is 442 g/mol. The van der Waals surface area contributed by atoms with E-state index in [0.717, 1.165) is 28.5 Å². The Morgan fingerprint density at radius 2 is 1.75 bits per heavy atom. The van der Waals surface area contributed by atoms with Crippen LogP contribution in [0.4, 0.5) is 0 Å². The maximum atomic E-state index is 13.0. The van der Waals surface area contributed by atoms with Crippen LogP contribution in [-0.2, 0) is 17.7 Å². The van der Waals surface area contributed by atoms with Gasteiger partial charge in [-0.25, -0.2) is 0 Å². The van der Waals surface area contributed by atoms with Gasteiger partial charge in [-0.15, -0.1) is 10.2 Å². The van der Waals surface area contributed by atoms with Crippen molar-refractivity contribution >= 4 is 17.5 Å². The fourth-order valence-electron chi connectivity index (χ4n) is 4.09. The van der Waals surface area contributed by atoms with E-state index in [1.807, 2.05) is 47.0 Å². The molecule has 0 bridgehead atoms. The third-order valence-corrected chi connectivity index (χ3v) is 6.69. The van der Waals surface area contributed by atoms with Gasteiger partial charge in [0.25, 0.3) is 0 Å². The molecule has 1 aliphatic rings. The topological polar surface area (TPSA) is 57.0 Å². The molecule has 4 aromatic rings. The smallest absolute Gasteiger partial charge is 0.192 e. The van der Waals surface area contributed by atoms with Crippen molar-refractivity contribution in [3.63, 3.8) is 0 Å². The normalized spacial score (nSPS) is 11.9. The average Bonchev–Trinajstić information content (AvgIpc) is 3.42. The summed E-state index contributed by atoms with van der Waals surface area (Å²) in [6, 6.07) is 24.4. The Hall–Kier alpha value is -3.22. The number of hydrogen-bond donors (Lipinski definition) is 0. The van der Waals surface area contributed by atoms with Gasteiger partial charge in [0.2, 0.25) is 0 Å². The third kappa shape index (κ3) is 3.99. The largest absolute Gasteiger partial charge is 0.383 e. The third-order valence-electron chi connectivity index (χ3n) is 5.72. The van der Waals surface area contributed by atoms with Crippen molar-refractivity contribution in [3.8, 4) is 22.5 Å². The van der Waals surface area contributed by atoms with Crippen molar-refractivity contribution in [2.24, 2.45) is 0 Å². The van der Waals surface area contributed by atoms with Crippen LogP contribution < -0.4 is 0 Å². The summed E-state index contributed by atoms with van der Waals surface area (Å²) in [5, 5.41) is 9.48. The summed E-state index contributed by atoms with van der Waals surface area (Å²) in [7, 11) is 1.68. The molecule has 0 amide bonds. The first kappa shape index (κ1) is 20.7. The minimum absolute atomic E-state index is 0.0877. The van der Waals surface area contributed by atoms with Crippen LogP contribution in [0.25, 0.3) is 22.5 Å². The minimum Gasteiger partial charge on any atom is -0.383 e. The number of thioether (sulfide) groups is 1. The molecular formula is C26H23N3O2S. The number of ether oxygens (including phenoxy) is 1. The number of nitrogens with zero attached hydrogens (tertiary/aromatic N) is 3. The molecule has 3 aromatic carbocycles. The Bertz CT molecular complexity index is 1270. The van der Waals surface area contributed by atoms with E-state index in [2.05, 4.69) is 40.5 Å². The van der Waals surface area contributed by atoms with Gasteiger partial charge in [-0.1, -0.05) is 78.5 Å². The minimum atomic E-state index is 0.0877. The lowest BCUT2D eigenvalue weighted by Gasteiger charge is -2.10. The highest BCUT2D eigenvalue weighted by atomic mass is 32.2. The molecule has 1 aromatic heterocycles. The molecule has 1 heterocycles. The second kappa shape index (κ2) is 9.10. The molecule has 1 aliphatic carbocycles. The first-order valence-electron chi connectivity index (χ1n) is 10.6. The van der Waals surface area contributed by atoms with Gasteiger partial charge in [0, 0.05) is 18.2 Å². The SMILES string of the molecule is COCCn1c(SCC(=O)c2ccc3c(c2)-c2ccccc2C3)nnc1-c1ccccc1. The van der Waals surface area contributed by atoms with E-state index >= 15 is 0 Å². The Morgan fingerprint density at radius 1 is 0.969 bits per heavy atom. The Morgan fingerprint density at radius 3 is 2.59 bits per heavy atom. The molecule has 5 nitrogen and oxygen atoms in total. The fourth-order valence-corrected chi connectivity index (χ4v) is 4.95. The molecule has 0 saturated carbocycles. The van der Waals surface area contributed by atoms with Crippen LogP contribution in [0.5, 0.6) is 0 Å². The lowest BCUT2D eigenvalue weighted by molar-refractivity contribution is 0.102. The molecule has 32 heavy (non-hydrogen) atoms. The summed E-state index contributed by atoms with van der Waals surface area (Å²) in [6.45, 7) is 1.17. The standard InChI is InChI=1S/C26H23N3O2S/c1-31-14-13-29-25(18-7-3-2-4-8-18)27-28-26(29)32-17-24(30)21-12-11-20-15-19-9-5-6-10-22(19)23(20)16-21/h2-12,16H,13-15,17H2,1H3. The van der Waals surface area contributed by atoms with Crippen molar-refractivity contribution < 1.29 is 9.53 Å². The second-order valence-corrected chi connectivity index (χ2v) is 8.68. The highest BCUT2D eigenvalue weighted by molar-refractivity contribution is 7.99. The van der Waals surface area contributed by atoms with Gasteiger partial charge in [0.05, 0.1) is 18.9 Å². The van der Waals surface area contributed by atoms with Gasteiger partial charge in [-0.3, -0.25) is 9.36 Å². The van der Waals surface area contributed by atoms with Crippen LogP contribution in [0.1, 0.15) is 21.5 Å². The molecule has 0 atom stereocenters. The van der Waals surface area contributed by atoms with Crippen molar-refractivity contribution in [1.82, 2.24) is 14.8 Å². The monoisotopic (exact) mass is 441 g/mol. The Balaban J connectivity index is 1.35. The van der Waals surface area contributed by atoms with E-state index in [1.165, 1.54) is 34.0 Å². The van der Waals surface area contributed by atoms with Crippen LogP contribution in [0, 0.1) is 0 Å². The molecule has 0 saturated heterocycles. The highest BCUT2D eigenvalue weighted by Gasteiger charge is 2.20. The molecule has 0 spiro atoms. The van der Waals surface area contributed by atoms with E-state index in [9.17, 15) is 4.79 Å². The van der Waals surface area contributed by atoms with Crippen molar-refractivity contribution in [3.05, 3.63) is 89.5 Å². The van der Waals surface area contributed by atoms with Crippen LogP contribution in [0.3, 0.4) is 0 Å². The zero-order chi connectivity index (χ0) is 21.9. The van der Waals surface area contributed by atoms with Crippen LogP contribution >= 0.6 is 11.8 Å².